The molecule has 1 fully saturated rings. The molecule has 3 rings (SSSR count). The van der Waals surface area contributed by atoms with Crippen molar-refractivity contribution >= 4 is 15.8 Å². The van der Waals surface area contributed by atoms with Gasteiger partial charge in [0.05, 0.1) is 13.2 Å². The summed E-state index contributed by atoms with van der Waals surface area (Å²) < 4.78 is 32.0. The quantitative estimate of drug-likeness (QED) is 0.760. The lowest BCUT2D eigenvalue weighted by atomic mass is 10.0. The number of nitrogens with zero attached hydrogens (tertiary/aromatic N) is 3. The molecule has 6 nitrogen and oxygen atoms in total. The SMILES string of the molecule is CC(C)c1ccc(CN(C)c2ccc(S(=O)(=O)N3CCOCC3)cn2)cc1. The molecule has 1 aliphatic heterocycles. The van der Waals surface area contributed by atoms with Gasteiger partial charge in [0.2, 0.25) is 10.0 Å². The fraction of sp³-hybridized carbons (Fsp3) is 0.450. The van der Waals surface area contributed by atoms with Gasteiger partial charge < -0.3 is 9.64 Å². The summed E-state index contributed by atoms with van der Waals surface area (Å²) in [5, 5.41) is 0. The summed E-state index contributed by atoms with van der Waals surface area (Å²) >= 11 is 0. The highest BCUT2D eigenvalue weighted by Gasteiger charge is 2.26. The minimum atomic E-state index is -3.50. The molecular formula is C20H27N3O3S. The van der Waals surface area contributed by atoms with Gasteiger partial charge in [0.1, 0.15) is 10.7 Å². The van der Waals surface area contributed by atoms with Crippen LogP contribution in [0.2, 0.25) is 0 Å². The molecule has 1 saturated heterocycles. The zero-order valence-electron chi connectivity index (χ0n) is 16.1. The van der Waals surface area contributed by atoms with Crippen LogP contribution in [0.3, 0.4) is 0 Å². The van der Waals surface area contributed by atoms with E-state index in [2.05, 4.69) is 43.1 Å². The molecule has 1 aliphatic rings. The molecule has 0 atom stereocenters. The van der Waals surface area contributed by atoms with Gasteiger partial charge in [0.25, 0.3) is 0 Å². The number of rotatable bonds is 6. The van der Waals surface area contributed by atoms with Gasteiger partial charge in [-0.05, 0) is 29.2 Å². The lowest BCUT2D eigenvalue weighted by Crippen LogP contribution is -2.40. The van der Waals surface area contributed by atoms with E-state index in [0.717, 1.165) is 5.82 Å². The summed E-state index contributed by atoms with van der Waals surface area (Å²) in [7, 11) is -1.55. The average molecular weight is 390 g/mol. The monoisotopic (exact) mass is 389 g/mol. The maximum absolute atomic E-state index is 12.7. The molecule has 0 radical (unpaired) electrons. The predicted octanol–water partition coefficient (Wildman–Crippen LogP) is 2.86. The van der Waals surface area contributed by atoms with Crippen molar-refractivity contribution in [2.24, 2.45) is 0 Å². The van der Waals surface area contributed by atoms with Crippen LogP contribution in [-0.2, 0) is 21.3 Å². The lowest BCUT2D eigenvalue weighted by molar-refractivity contribution is 0.0730. The maximum atomic E-state index is 12.7. The molecule has 146 valence electrons. The fourth-order valence-electron chi connectivity index (χ4n) is 3.05. The normalized spacial score (nSPS) is 15.9. The number of benzene rings is 1. The summed E-state index contributed by atoms with van der Waals surface area (Å²) in [6.07, 6.45) is 1.44. The summed E-state index contributed by atoms with van der Waals surface area (Å²) in [5.74, 6) is 1.25. The molecule has 2 heterocycles. The third kappa shape index (κ3) is 4.66. The van der Waals surface area contributed by atoms with Crippen LogP contribution in [0.25, 0.3) is 0 Å². The Labute approximate surface area is 161 Å². The van der Waals surface area contributed by atoms with Gasteiger partial charge in [-0.3, -0.25) is 0 Å². The van der Waals surface area contributed by atoms with Gasteiger partial charge >= 0.3 is 0 Å². The van der Waals surface area contributed by atoms with E-state index in [1.165, 1.54) is 21.6 Å². The van der Waals surface area contributed by atoms with Crippen molar-refractivity contribution in [2.45, 2.75) is 31.2 Å². The van der Waals surface area contributed by atoms with Crippen LogP contribution in [0.4, 0.5) is 5.82 Å². The molecule has 0 saturated carbocycles. The zero-order chi connectivity index (χ0) is 19.4. The van der Waals surface area contributed by atoms with Crippen LogP contribution in [0, 0.1) is 0 Å². The summed E-state index contributed by atoms with van der Waals surface area (Å²) in [5.41, 5.74) is 2.51. The Kier molecular flexibility index (Phi) is 6.14. The molecule has 0 bridgehead atoms. The third-order valence-electron chi connectivity index (χ3n) is 4.79. The van der Waals surface area contributed by atoms with Crippen LogP contribution in [0.15, 0.2) is 47.5 Å². The first-order valence-electron chi connectivity index (χ1n) is 9.22. The van der Waals surface area contributed by atoms with E-state index in [0.29, 0.717) is 38.8 Å². The van der Waals surface area contributed by atoms with Crippen molar-refractivity contribution < 1.29 is 13.2 Å². The molecule has 0 unspecified atom stereocenters. The van der Waals surface area contributed by atoms with E-state index >= 15 is 0 Å². The second-order valence-electron chi connectivity index (χ2n) is 7.12. The van der Waals surface area contributed by atoms with Crippen LogP contribution in [0.1, 0.15) is 30.9 Å². The standard InChI is InChI=1S/C20H27N3O3S/c1-16(2)18-6-4-17(5-7-18)15-22(3)20-9-8-19(14-21-20)27(24,25)23-10-12-26-13-11-23/h4-9,14,16H,10-13,15H2,1-3H3. The molecule has 1 aromatic carbocycles. The van der Waals surface area contributed by atoms with Gasteiger partial charge in [-0.25, -0.2) is 13.4 Å². The highest BCUT2D eigenvalue weighted by atomic mass is 32.2. The second-order valence-corrected chi connectivity index (χ2v) is 9.06. The lowest BCUT2D eigenvalue weighted by Gasteiger charge is -2.26. The van der Waals surface area contributed by atoms with Gasteiger partial charge in [-0.1, -0.05) is 38.1 Å². The average Bonchev–Trinajstić information content (AvgIpc) is 2.69. The van der Waals surface area contributed by atoms with E-state index in [4.69, 9.17) is 4.74 Å². The molecule has 0 amide bonds. The highest BCUT2D eigenvalue weighted by molar-refractivity contribution is 7.89. The van der Waals surface area contributed by atoms with Crippen LogP contribution < -0.4 is 4.90 Å². The molecule has 1 aromatic heterocycles. The summed E-state index contributed by atoms with van der Waals surface area (Å²) in [4.78, 5) is 6.60. The highest BCUT2D eigenvalue weighted by Crippen LogP contribution is 2.20. The number of hydrogen-bond donors (Lipinski definition) is 0. The minimum Gasteiger partial charge on any atom is -0.379 e. The van der Waals surface area contributed by atoms with Crippen molar-refractivity contribution in [1.82, 2.24) is 9.29 Å². The van der Waals surface area contributed by atoms with Gasteiger partial charge in [0, 0.05) is 32.9 Å². The first kappa shape index (κ1) is 19.8. The number of morpholine rings is 1. The number of hydrogen-bond acceptors (Lipinski definition) is 5. The molecular weight excluding hydrogens is 362 g/mol. The molecule has 0 N–H and O–H groups in total. The predicted molar refractivity (Wildman–Crippen MR) is 106 cm³/mol. The Hall–Kier alpha value is -1.96. The van der Waals surface area contributed by atoms with E-state index in [1.807, 2.05) is 11.9 Å². The number of sulfonamides is 1. The number of anilines is 1. The topological polar surface area (TPSA) is 62.7 Å². The van der Waals surface area contributed by atoms with Gasteiger partial charge in [-0.15, -0.1) is 0 Å². The Morgan fingerprint density at radius 3 is 2.33 bits per heavy atom. The second kappa shape index (κ2) is 8.37. The summed E-state index contributed by atoms with van der Waals surface area (Å²) in [6, 6.07) is 12.0. The van der Waals surface area contributed by atoms with Crippen molar-refractivity contribution in [3.8, 4) is 0 Å². The number of pyridine rings is 1. The molecule has 7 heteroatoms. The Morgan fingerprint density at radius 1 is 1.11 bits per heavy atom. The fourth-order valence-corrected chi connectivity index (χ4v) is 4.40. The van der Waals surface area contributed by atoms with E-state index in [1.54, 1.807) is 12.1 Å². The number of ether oxygens (including phenoxy) is 1. The molecule has 2 aromatic rings. The maximum Gasteiger partial charge on any atom is 0.244 e. The van der Waals surface area contributed by atoms with Gasteiger partial charge in [0.15, 0.2) is 0 Å². The van der Waals surface area contributed by atoms with E-state index < -0.39 is 10.0 Å². The van der Waals surface area contributed by atoms with Crippen molar-refractivity contribution in [3.63, 3.8) is 0 Å². The smallest absolute Gasteiger partial charge is 0.244 e. The van der Waals surface area contributed by atoms with E-state index in [9.17, 15) is 8.42 Å². The Bertz CT molecular complexity index is 843. The minimum absolute atomic E-state index is 0.225. The van der Waals surface area contributed by atoms with Crippen molar-refractivity contribution in [3.05, 3.63) is 53.7 Å². The number of aromatic nitrogens is 1. The Morgan fingerprint density at radius 2 is 1.78 bits per heavy atom. The summed E-state index contributed by atoms with van der Waals surface area (Å²) in [6.45, 7) is 6.70. The third-order valence-corrected chi connectivity index (χ3v) is 6.67. The molecule has 0 aliphatic carbocycles. The van der Waals surface area contributed by atoms with Crippen LogP contribution in [-0.4, -0.2) is 51.1 Å². The van der Waals surface area contributed by atoms with Crippen molar-refractivity contribution in [2.75, 3.05) is 38.3 Å². The van der Waals surface area contributed by atoms with Gasteiger partial charge in [-0.2, -0.15) is 4.31 Å². The first-order valence-corrected chi connectivity index (χ1v) is 10.7. The molecule has 27 heavy (non-hydrogen) atoms. The largest absolute Gasteiger partial charge is 0.379 e. The van der Waals surface area contributed by atoms with Crippen LogP contribution >= 0.6 is 0 Å². The Balaban J connectivity index is 1.69. The van der Waals surface area contributed by atoms with Crippen molar-refractivity contribution in [1.29, 1.82) is 0 Å². The van der Waals surface area contributed by atoms with Crippen LogP contribution in [0.5, 0.6) is 0 Å². The molecule has 0 spiro atoms. The van der Waals surface area contributed by atoms with E-state index in [-0.39, 0.29) is 4.90 Å². The zero-order valence-corrected chi connectivity index (χ0v) is 16.9. The first-order chi connectivity index (χ1) is 12.9.